The molecule has 32 heavy (non-hydrogen) atoms. The predicted molar refractivity (Wildman–Crippen MR) is 118 cm³/mol. The Bertz CT molecular complexity index is 1310. The topological polar surface area (TPSA) is 109 Å². The van der Waals surface area contributed by atoms with Gasteiger partial charge in [-0.15, -0.1) is 0 Å². The van der Waals surface area contributed by atoms with E-state index in [-0.39, 0.29) is 23.4 Å². The number of benzene rings is 2. The van der Waals surface area contributed by atoms with Crippen LogP contribution in [0.4, 0.5) is 4.39 Å². The first-order valence-electron chi connectivity index (χ1n) is 9.57. The molecule has 0 radical (unpaired) electrons. The summed E-state index contributed by atoms with van der Waals surface area (Å²) in [4.78, 5) is 39.8. The maximum absolute atomic E-state index is 13.1. The van der Waals surface area contributed by atoms with Crippen molar-refractivity contribution in [3.8, 4) is 11.3 Å². The second-order valence-corrected chi connectivity index (χ2v) is 7.89. The summed E-state index contributed by atoms with van der Waals surface area (Å²) in [6, 6.07) is 12.4. The molecule has 0 aliphatic heterocycles. The first kappa shape index (κ1) is 21.4. The van der Waals surface area contributed by atoms with E-state index in [0.717, 1.165) is 11.1 Å². The van der Waals surface area contributed by atoms with Crippen LogP contribution in [0, 0.1) is 5.82 Å². The van der Waals surface area contributed by atoms with Crippen LogP contribution in [0.15, 0.2) is 77.2 Å². The number of H-pyrrole nitrogens is 1. The number of aromatic nitrogens is 4. The van der Waals surface area contributed by atoms with Gasteiger partial charge in [0.15, 0.2) is 5.16 Å². The number of halogens is 1. The monoisotopic (exact) mass is 448 g/mol. The largest absolute Gasteiger partial charge is 0.478 e. The third kappa shape index (κ3) is 5.06. The SMILES string of the molecule is O=C(O)c1cccc(-c2nc(SCc3ccc(F)cc3)[nH]c(=O)c2Cc2cncnc2)c1. The van der Waals surface area contributed by atoms with Gasteiger partial charge in [0.25, 0.3) is 5.56 Å². The molecule has 0 saturated carbocycles. The lowest BCUT2D eigenvalue weighted by atomic mass is 10.0. The fraction of sp³-hybridized carbons (Fsp3) is 0.0870. The molecular weight excluding hydrogens is 431 g/mol. The summed E-state index contributed by atoms with van der Waals surface area (Å²) in [5, 5.41) is 9.74. The zero-order chi connectivity index (χ0) is 22.5. The van der Waals surface area contributed by atoms with Crippen molar-refractivity contribution < 1.29 is 14.3 Å². The van der Waals surface area contributed by atoms with Crippen molar-refractivity contribution in [1.29, 1.82) is 0 Å². The van der Waals surface area contributed by atoms with E-state index in [2.05, 4.69) is 19.9 Å². The Balaban J connectivity index is 1.74. The van der Waals surface area contributed by atoms with Crippen LogP contribution in [-0.4, -0.2) is 31.0 Å². The number of carboxylic acid groups (broad SMARTS) is 1. The summed E-state index contributed by atoms with van der Waals surface area (Å²) in [5.74, 6) is -0.912. The van der Waals surface area contributed by atoms with Crippen LogP contribution in [0.25, 0.3) is 11.3 Å². The predicted octanol–water partition coefficient (Wildman–Crippen LogP) is 3.95. The lowest BCUT2D eigenvalue weighted by Gasteiger charge is -2.11. The number of thioether (sulfide) groups is 1. The maximum atomic E-state index is 13.1. The highest BCUT2D eigenvalue weighted by atomic mass is 32.2. The quantitative estimate of drug-likeness (QED) is 0.325. The molecule has 0 bridgehead atoms. The van der Waals surface area contributed by atoms with Crippen LogP contribution in [0.1, 0.15) is 27.0 Å². The number of hydrogen-bond acceptors (Lipinski definition) is 6. The van der Waals surface area contributed by atoms with E-state index in [9.17, 15) is 19.1 Å². The average Bonchev–Trinajstić information content (AvgIpc) is 2.81. The maximum Gasteiger partial charge on any atom is 0.335 e. The van der Waals surface area contributed by atoms with E-state index in [4.69, 9.17) is 0 Å². The number of nitrogens with one attached hydrogen (secondary N) is 1. The Morgan fingerprint density at radius 2 is 1.81 bits per heavy atom. The average molecular weight is 448 g/mol. The fourth-order valence-electron chi connectivity index (χ4n) is 3.11. The van der Waals surface area contributed by atoms with Crippen molar-refractivity contribution in [2.24, 2.45) is 0 Å². The molecule has 0 aliphatic carbocycles. The highest BCUT2D eigenvalue weighted by molar-refractivity contribution is 7.98. The lowest BCUT2D eigenvalue weighted by molar-refractivity contribution is 0.0697. The number of hydrogen-bond donors (Lipinski definition) is 2. The molecule has 7 nitrogen and oxygen atoms in total. The Hall–Kier alpha value is -3.85. The van der Waals surface area contributed by atoms with Gasteiger partial charge in [0.2, 0.25) is 0 Å². The molecule has 4 aromatic rings. The van der Waals surface area contributed by atoms with E-state index >= 15 is 0 Å². The molecule has 0 unspecified atom stereocenters. The van der Waals surface area contributed by atoms with Gasteiger partial charge in [0.05, 0.1) is 11.3 Å². The summed E-state index contributed by atoms with van der Waals surface area (Å²) in [6.45, 7) is 0. The van der Waals surface area contributed by atoms with E-state index in [1.165, 1.54) is 42.4 Å². The molecule has 2 N–H and O–H groups in total. The second-order valence-electron chi connectivity index (χ2n) is 6.92. The van der Waals surface area contributed by atoms with Crippen molar-refractivity contribution in [3.05, 3.63) is 106 Å². The Morgan fingerprint density at radius 3 is 2.53 bits per heavy atom. The van der Waals surface area contributed by atoms with Crippen LogP contribution in [0.2, 0.25) is 0 Å². The zero-order valence-corrected chi connectivity index (χ0v) is 17.5. The van der Waals surface area contributed by atoms with Gasteiger partial charge in [-0.1, -0.05) is 36.0 Å². The molecule has 9 heteroatoms. The summed E-state index contributed by atoms with van der Waals surface area (Å²) in [6.07, 6.45) is 4.86. The normalized spacial score (nSPS) is 10.8. The van der Waals surface area contributed by atoms with Gasteiger partial charge < -0.3 is 10.1 Å². The number of aromatic amines is 1. The third-order valence-electron chi connectivity index (χ3n) is 4.66. The summed E-state index contributed by atoms with van der Waals surface area (Å²) in [7, 11) is 0. The van der Waals surface area contributed by atoms with Crippen molar-refractivity contribution in [2.75, 3.05) is 0 Å². The van der Waals surface area contributed by atoms with Crippen LogP contribution < -0.4 is 5.56 Å². The molecular formula is C23H17FN4O3S. The van der Waals surface area contributed by atoms with Crippen molar-refractivity contribution >= 4 is 17.7 Å². The van der Waals surface area contributed by atoms with Crippen molar-refractivity contribution in [3.63, 3.8) is 0 Å². The smallest absolute Gasteiger partial charge is 0.335 e. The molecule has 0 spiro atoms. The Labute approximate surface area is 186 Å². The number of rotatable bonds is 7. The van der Waals surface area contributed by atoms with Crippen LogP contribution in [-0.2, 0) is 12.2 Å². The van der Waals surface area contributed by atoms with E-state index < -0.39 is 5.97 Å². The molecule has 160 valence electrons. The first-order valence-corrected chi connectivity index (χ1v) is 10.6. The fourth-order valence-corrected chi connectivity index (χ4v) is 3.92. The highest BCUT2D eigenvalue weighted by Crippen LogP contribution is 2.26. The minimum Gasteiger partial charge on any atom is -0.478 e. The van der Waals surface area contributed by atoms with Gasteiger partial charge in [0, 0.05) is 35.7 Å². The van der Waals surface area contributed by atoms with Gasteiger partial charge in [-0.25, -0.2) is 24.1 Å². The Kier molecular flexibility index (Phi) is 6.37. The minimum atomic E-state index is -1.07. The van der Waals surface area contributed by atoms with Gasteiger partial charge in [0.1, 0.15) is 12.1 Å². The zero-order valence-electron chi connectivity index (χ0n) is 16.7. The van der Waals surface area contributed by atoms with E-state index in [0.29, 0.717) is 27.7 Å². The molecule has 4 rings (SSSR count). The number of aromatic carboxylic acids is 1. The van der Waals surface area contributed by atoms with Crippen molar-refractivity contribution in [1.82, 2.24) is 19.9 Å². The Morgan fingerprint density at radius 1 is 1.06 bits per heavy atom. The van der Waals surface area contributed by atoms with E-state index in [1.807, 2.05) is 0 Å². The molecule has 0 amide bonds. The van der Waals surface area contributed by atoms with E-state index in [1.54, 1.807) is 36.7 Å². The van der Waals surface area contributed by atoms with Crippen molar-refractivity contribution in [2.45, 2.75) is 17.3 Å². The summed E-state index contributed by atoms with van der Waals surface area (Å²) < 4.78 is 13.1. The lowest BCUT2D eigenvalue weighted by Crippen LogP contribution is -2.18. The highest BCUT2D eigenvalue weighted by Gasteiger charge is 2.16. The molecule has 2 aromatic carbocycles. The standard InChI is InChI=1S/C23H17FN4O3S/c24-18-6-4-14(5-7-18)12-32-23-27-20(16-2-1-3-17(9-16)22(30)31)19(21(29)28-23)8-15-10-25-13-26-11-15/h1-7,9-11,13H,8,12H2,(H,30,31)(H,27,28,29). The first-order chi connectivity index (χ1) is 15.5. The third-order valence-corrected chi connectivity index (χ3v) is 5.60. The molecule has 2 aromatic heterocycles. The molecule has 0 aliphatic rings. The molecule has 0 atom stereocenters. The number of nitrogens with zero attached hydrogens (tertiary/aromatic N) is 3. The summed E-state index contributed by atoms with van der Waals surface area (Å²) in [5.41, 5.74) is 2.66. The van der Waals surface area contributed by atoms with Gasteiger partial charge in [-0.2, -0.15) is 0 Å². The second kappa shape index (κ2) is 9.52. The van der Waals surface area contributed by atoms with Crippen LogP contribution in [0.3, 0.4) is 0 Å². The van der Waals surface area contributed by atoms with Gasteiger partial charge in [-0.05, 0) is 35.4 Å². The summed E-state index contributed by atoms with van der Waals surface area (Å²) >= 11 is 1.30. The molecule has 0 saturated heterocycles. The minimum absolute atomic E-state index is 0.0964. The van der Waals surface area contributed by atoms with Crippen LogP contribution in [0.5, 0.6) is 0 Å². The van der Waals surface area contributed by atoms with Gasteiger partial charge in [-0.3, -0.25) is 4.79 Å². The van der Waals surface area contributed by atoms with Crippen LogP contribution >= 0.6 is 11.8 Å². The number of carboxylic acids is 1. The van der Waals surface area contributed by atoms with Gasteiger partial charge >= 0.3 is 5.97 Å². The molecule has 0 fully saturated rings. The molecule has 2 heterocycles. The number of carbonyl (C=O) groups is 1.